The lowest BCUT2D eigenvalue weighted by Crippen LogP contribution is -2.02. The number of rotatable bonds is 2. The first-order valence-corrected chi connectivity index (χ1v) is 4.17. The van der Waals surface area contributed by atoms with Gasteiger partial charge < -0.3 is 5.11 Å². The molecule has 0 bridgehead atoms. The third-order valence-corrected chi connectivity index (χ3v) is 1.83. The standard InChI is InChI=1S/C9H5F2N3O2/c10-6-1-7(11)8(12-3-6)14-4-5(2-13-14)9(15)16/h1-4H,(H,15,16). The molecule has 0 unspecified atom stereocenters. The number of pyridine rings is 1. The minimum Gasteiger partial charge on any atom is -0.478 e. The van der Waals surface area contributed by atoms with Crippen molar-refractivity contribution in [1.82, 2.24) is 14.8 Å². The van der Waals surface area contributed by atoms with Gasteiger partial charge in [-0.2, -0.15) is 5.10 Å². The molecular formula is C9H5F2N3O2. The van der Waals surface area contributed by atoms with E-state index in [9.17, 15) is 13.6 Å². The molecule has 0 aliphatic carbocycles. The van der Waals surface area contributed by atoms with E-state index in [2.05, 4.69) is 10.1 Å². The zero-order chi connectivity index (χ0) is 11.7. The molecule has 2 rings (SSSR count). The summed E-state index contributed by atoms with van der Waals surface area (Å²) in [5, 5.41) is 12.2. The highest BCUT2D eigenvalue weighted by Crippen LogP contribution is 2.11. The normalized spacial score (nSPS) is 10.4. The van der Waals surface area contributed by atoms with Crippen molar-refractivity contribution in [1.29, 1.82) is 0 Å². The second kappa shape index (κ2) is 3.69. The van der Waals surface area contributed by atoms with Gasteiger partial charge in [-0.15, -0.1) is 0 Å². The molecule has 0 fully saturated rings. The van der Waals surface area contributed by atoms with Crippen LogP contribution < -0.4 is 0 Å². The van der Waals surface area contributed by atoms with Crippen molar-refractivity contribution < 1.29 is 18.7 Å². The van der Waals surface area contributed by atoms with Gasteiger partial charge in [0.25, 0.3) is 0 Å². The minimum absolute atomic E-state index is 0.106. The number of carbonyl (C=O) groups is 1. The smallest absolute Gasteiger partial charge is 0.338 e. The van der Waals surface area contributed by atoms with Gasteiger partial charge >= 0.3 is 5.97 Å². The maximum Gasteiger partial charge on any atom is 0.338 e. The highest BCUT2D eigenvalue weighted by atomic mass is 19.1. The lowest BCUT2D eigenvalue weighted by molar-refractivity contribution is 0.0697. The van der Waals surface area contributed by atoms with Crippen LogP contribution in [0.15, 0.2) is 24.7 Å². The molecule has 2 aromatic rings. The summed E-state index contributed by atoms with van der Waals surface area (Å²) >= 11 is 0. The molecule has 5 nitrogen and oxygen atoms in total. The van der Waals surface area contributed by atoms with Crippen LogP contribution in [0, 0.1) is 11.6 Å². The molecule has 2 heterocycles. The fraction of sp³-hybridized carbons (Fsp3) is 0. The van der Waals surface area contributed by atoms with Gasteiger partial charge in [0.05, 0.1) is 18.0 Å². The Hall–Kier alpha value is -2.31. The van der Waals surface area contributed by atoms with E-state index >= 15 is 0 Å². The molecule has 2 aromatic heterocycles. The van der Waals surface area contributed by atoms with E-state index in [-0.39, 0.29) is 11.4 Å². The van der Waals surface area contributed by atoms with E-state index in [1.165, 1.54) is 0 Å². The number of aromatic carboxylic acids is 1. The Kier molecular flexibility index (Phi) is 2.35. The van der Waals surface area contributed by atoms with Crippen LogP contribution >= 0.6 is 0 Å². The third-order valence-electron chi connectivity index (χ3n) is 1.83. The fourth-order valence-electron chi connectivity index (χ4n) is 1.13. The molecule has 1 N–H and O–H groups in total. The summed E-state index contributed by atoms with van der Waals surface area (Å²) in [5.41, 5.74) is -0.106. The largest absolute Gasteiger partial charge is 0.478 e. The van der Waals surface area contributed by atoms with Crippen molar-refractivity contribution in [2.45, 2.75) is 0 Å². The van der Waals surface area contributed by atoms with Crippen LogP contribution in [-0.2, 0) is 0 Å². The molecule has 0 atom stereocenters. The Morgan fingerprint density at radius 1 is 1.38 bits per heavy atom. The number of hydrogen-bond donors (Lipinski definition) is 1. The molecule has 16 heavy (non-hydrogen) atoms. The summed E-state index contributed by atoms with van der Waals surface area (Å²) in [6.45, 7) is 0. The monoisotopic (exact) mass is 225 g/mol. The zero-order valence-electron chi connectivity index (χ0n) is 7.76. The van der Waals surface area contributed by atoms with Crippen molar-refractivity contribution >= 4 is 5.97 Å². The van der Waals surface area contributed by atoms with Crippen LogP contribution in [0.5, 0.6) is 0 Å². The number of hydrogen-bond acceptors (Lipinski definition) is 3. The lowest BCUT2D eigenvalue weighted by atomic mass is 10.4. The molecule has 7 heteroatoms. The molecule has 0 saturated heterocycles. The van der Waals surface area contributed by atoms with Crippen molar-refractivity contribution in [3.8, 4) is 5.82 Å². The Labute approximate surface area is 88.0 Å². The van der Waals surface area contributed by atoms with Crippen LogP contribution in [0.3, 0.4) is 0 Å². The summed E-state index contributed by atoms with van der Waals surface area (Å²) < 4.78 is 26.7. The van der Waals surface area contributed by atoms with Crippen LogP contribution in [0.4, 0.5) is 8.78 Å². The molecule has 0 saturated carbocycles. The molecule has 82 valence electrons. The first-order valence-electron chi connectivity index (χ1n) is 4.17. The number of carboxylic acids is 1. The molecule has 0 aliphatic heterocycles. The predicted molar refractivity (Wildman–Crippen MR) is 48.2 cm³/mol. The Morgan fingerprint density at radius 3 is 2.69 bits per heavy atom. The van der Waals surface area contributed by atoms with E-state index in [1.807, 2.05) is 0 Å². The summed E-state index contributed by atoms with van der Waals surface area (Å²) in [6, 6.07) is 0.643. The lowest BCUT2D eigenvalue weighted by Gasteiger charge is -2.00. The first-order chi connectivity index (χ1) is 7.58. The second-order valence-corrected chi connectivity index (χ2v) is 2.94. The maximum atomic E-state index is 13.2. The molecule has 0 spiro atoms. The molecule has 0 radical (unpaired) electrons. The van der Waals surface area contributed by atoms with Gasteiger partial charge in [-0.25, -0.2) is 23.2 Å². The highest BCUT2D eigenvalue weighted by molar-refractivity contribution is 5.86. The number of nitrogens with zero attached hydrogens (tertiary/aromatic N) is 3. The van der Waals surface area contributed by atoms with Gasteiger partial charge in [0.15, 0.2) is 11.6 Å². The summed E-state index contributed by atoms with van der Waals surface area (Å²) in [5.74, 6) is -3.17. The van der Waals surface area contributed by atoms with Crippen molar-refractivity contribution in [2.24, 2.45) is 0 Å². The predicted octanol–water partition coefficient (Wildman–Crippen LogP) is 1.24. The second-order valence-electron chi connectivity index (χ2n) is 2.94. The van der Waals surface area contributed by atoms with Crippen molar-refractivity contribution in [3.63, 3.8) is 0 Å². The number of halogens is 2. The maximum absolute atomic E-state index is 13.2. The topological polar surface area (TPSA) is 68.0 Å². The Balaban J connectivity index is 2.46. The average molecular weight is 225 g/mol. The van der Waals surface area contributed by atoms with Crippen molar-refractivity contribution in [2.75, 3.05) is 0 Å². The van der Waals surface area contributed by atoms with E-state index in [0.29, 0.717) is 6.07 Å². The summed E-state index contributed by atoms with van der Waals surface area (Å²) in [7, 11) is 0. The number of aromatic nitrogens is 3. The van der Waals surface area contributed by atoms with Gasteiger partial charge in [-0.05, 0) is 0 Å². The quantitative estimate of drug-likeness (QED) is 0.834. The Bertz CT molecular complexity index is 553. The van der Waals surface area contributed by atoms with Crippen molar-refractivity contribution in [3.05, 3.63) is 41.9 Å². The van der Waals surface area contributed by atoms with E-state index < -0.39 is 17.6 Å². The van der Waals surface area contributed by atoms with Gasteiger partial charge in [-0.3, -0.25) is 0 Å². The zero-order valence-corrected chi connectivity index (χ0v) is 7.76. The third kappa shape index (κ3) is 1.74. The van der Waals surface area contributed by atoms with Gasteiger partial charge in [0.2, 0.25) is 0 Å². The molecule has 0 aromatic carbocycles. The molecule has 0 aliphatic rings. The molecular weight excluding hydrogens is 220 g/mol. The summed E-state index contributed by atoms with van der Waals surface area (Å²) in [4.78, 5) is 14.0. The average Bonchev–Trinajstić information content (AvgIpc) is 2.66. The minimum atomic E-state index is -1.19. The number of carboxylic acid groups (broad SMARTS) is 1. The fourth-order valence-corrected chi connectivity index (χ4v) is 1.13. The highest BCUT2D eigenvalue weighted by Gasteiger charge is 2.11. The van der Waals surface area contributed by atoms with Crippen LogP contribution in [0.1, 0.15) is 10.4 Å². The van der Waals surface area contributed by atoms with E-state index in [1.54, 1.807) is 0 Å². The summed E-state index contributed by atoms with van der Waals surface area (Å²) in [6.07, 6.45) is 2.96. The van der Waals surface area contributed by atoms with Gasteiger partial charge in [0, 0.05) is 12.3 Å². The van der Waals surface area contributed by atoms with Gasteiger partial charge in [0.1, 0.15) is 5.82 Å². The van der Waals surface area contributed by atoms with Crippen LogP contribution in [-0.4, -0.2) is 25.8 Å². The SMILES string of the molecule is O=C(O)c1cnn(-c2ncc(F)cc2F)c1. The van der Waals surface area contributed by atoms with E-state index in [4.69, 9.17) is 5.11 Å². The van der Waals surface area contributed by atoms with E-state index in [0.717, 1.165) is 23.3 Å². The van der Waals surface area contributed by atoms with Crippen LogP contribution in [0.25, 0.3) is 5.82 Å². The van der Waals surface area contributed by atoms with Crippen LogP contribution in [0.2, 0.25) is 0 Å². The molecule has 0 amide bonds. The van der Waals surface area contributed by atoms with Gasteiger partial charge in [-0.1, -0.05) is 0 Å². The first kappa shape index (κ1) is 10.2. The Morgan fingerprint density at radius 2 is 2.12 bits per heavy atom.